The molecule has 0 atom stereocenters. The summed E-state index contributed by atoms with van der Waals surface area (Å²) in [5.41, 5.74) is 9.27. The number of hydrogen-bond acceptors (Lipinski definition) is 12. The third-order valence-corrected chi connectivity index (χ3v) is 10.9. The summed E-state index contributed by atoms with van der Waals surface area (Å²) < 4.78 is 33.2. The van der Waals surface area contributed by atoms with Crippen LogP contribution in [0.5, 0.6) is 0 Å². The SMILES string of the molecule is Nc1ncnc2c1ncn2Cc1oc2ccc(Br)cc2c(=O)c1-c1ccc(F)c(Nc2ncnc3c2cnn3Cc2oc3ccc(Br)cc3c(=O)c2-c2ccccc2)c1. The monoisotopic (exact) mass is 910 g/mol. The largest absolute Gasteiger partial charge is 0.458 e. The molecule has 3 N–H and O–H groups in total. The third kappa shape index (κ3) is 6.40. The lowest BCUT2D eigenvalue weighted by molar-refractivity contribution is 0.506. The summed E-state index contributed by atoms with van der Waals surface area (Å²) in [7, 11) is 0. The van der Waals surface area contributed by atoms with Gasteiger partial charge in [-0.05, 0) is 59.7 Å². The fourth-order valence-electron chi connectivity index (χ4n) is 7.16. The van der Waals surface area contributed by atoms with Gasteiger partial charge < -0.3 is 24.5 Å². The Balaban J connectivity index is 1.04. The number of benzene rings is 4. The maximum Gasteiger partial charge on any atom is 0.200 e. The van der Waals surface area contributed by atoms with Crippen LogP contribution in [-0.2, 0) is 13.1 Å². The molecule has 6 aromatic heterocycles. The maximum atomic E-state index is 15.8. The molecule has 10 rings (SSSR count). The second kappa shape index (κ2) is 14.4. The van der Waals surface area contributed by atoms with Crippen LogP contribution in [0, 0.1) is 5.82 Å². The molecule has 59 heavy (non-hydrogen) atoms. The molecule has 0 amide bonds. The first kappa shape index (κ1) is 36.2. The lowest BCUT2D eigenvalue weighted by Crippen LogP contribution is -2.13. The van der Waals surface area contributed by atoms with Crippen LogP contribution in [0.4, 0.5) is 21.7 Å². The smallest absolute Gasteiger partial charge is 0.200 e. The normalized spacial score (nSPS) is 11.6. The van der Waals surface area contributed by atoms with Crippen molar-refractivity contribution in [2.24, 2.45) is 0 Å². The van der Waals surface area contributed by atoms with Gasteiger partial charge in [0.2, 0.25) is 10.9 Å². The predicted molar refractivity (Wildman–Crippen MR) is 228 cm³/mol. The molecule has 10 aromatic rings. The molecule has 0 saturated heterocycles. The number of rotatable bonds is 8. The summed E-state index contributed by atoms with van der Waals surface area (Å²) >= 11 is 6.92. The molecule has 0 bridgehead atoms. The second-order valence-electron chi connectivity index (χ2n) is 13.5. The minimum Gasteiger partial charge on any atom is -0.458 e. The summed E-state index contributed by atoms with van der Waals surface area (Å²) in [4.78, 5) is 49.9. The molecule has 0 unspecified atom stereocenters. The maximum absolute atomic E-state index is 15.8. The summed E-state index contributed by atoms with van der Waals surface area (Å²) in [5.74, 6) is 0.523. The zero-order chi connectivity index (χ0) is 40.4. The van der Waals surface area contributed by atoms with Crippen LogP contribution in [-0.4, -0.2) is 39.3 Å². The van der Waals surface area contributed by atoms with Crippen molar-refractivity contribution in [1.29, 1.82) is 0 Å². The van der Waals surface area contributed by atoms with Crippen LogP contribution >= 0.6 is 31.9 Å². The average Bonchev–Trinajstić information content (AvgIpc) is 3.85. The van der Waals surface area contributed by atoms with E-state index in [-0.39, 0.29) is 52.6 Å². The first-order chi connectivity index (χ1) is 28.7. The van der Waals surface area contributed by atoms with Crippen molar-refractivity contribution in [2.45, 2.75) is 13.1 Å². The molecular formula is C42H25Br2FN10O4. The van der Waals surface area contributed by atoms with Crippen LogP contribution in [0.2, 0.25) is 0 Å². The molecule has 0 radical (unpaired) electrons. The van der Waals surface area contributed by atoms with Gasteiger partial charge in [-0.25, -0.2) is 34.0 Å². The first-order valence-electron chi connectivity index (χ1n) is 17.9. The third-order valence-electron chi connectivity index (χ3n) is 9.89. The van der Waals surface area contributed by atoms with Gasteiger partial charge in [0.05, 0.1) is 52.0 Å². The molecule has 288 valence electrons. The Bertz CT molecular complexity index is 3440. The summed E-state index contributed by atoms with van der Waals surface area (Å²) in [6.07, 6.45) is 5.76. The van der Waals surface area contributed by atoms with Gasteiger partial charge in [0, 0.05) is 8.95 Å². The minimum atomic E-state index is -0.604. The number of fused-ring (bicyclic) bond motifs is 4. The first-order valence-corrected chi connectivity index (χ1v) is 19.5. The van der Waals surface area contributed by atoms with Crippen molar-refractivity contribution in [1.82, 2.24) is 39.3 Å². The molecule has 0 aliphatic carbocycles. The highest BCUT2D eigenvalue weighted by molar-refractivity contribution is 9.10. The highest BCUT2D eigenvalue weighted by Crippen LogP contribution is 2.33. The van der Waals surface area contributed by atoms with Crippen molar-refractivity contribution in [2.75, 3.05) is 11.1 Å². The number of aromatic nitrogens is 8. The number of nitrogen functional groups attached to an aromatic ring is 1. The number of nitrogens with one attached hydrogen (secondary N) is 1. The Hall–Kier alpha value is -7.11. The Morgan fingerprint density at radius 3 is 2.08 bits per heavy atom. The Labute approximate surface area is 347 Å². The molecule has 0 saturated carbocycles. The lowest BCUT2D eigenvalue weighted by Gasteiger charge is -2.14. The van der Waals surface area contributed by atoms with E-state index in [4.69, 9.17) is 14.6 Å². The van der Waals surface area contributed by atoms with Crippen LogP contribution < -0.4 is 21.9 Å². The van der Waals surface area contributed by atoms with E-state index in [1.165, 1.54) is 30.9 Å². The van der Waals surface area contributed by atoms with Gasteiger partial charge in [0.1, 0.15) is 59.0 Å². The fourth-order valence-corrected chi connectivity index (χ4v) is 7.88. The van der Waals surface area contributed by atoms with E-state index >= 15 is 4.39 Å². The van der Waals surface area contributed by atoms with Gasteiger partial charge in [-0.1, -0.05) is 68.3 Å². The summed E-state index contributed by atoms with van der Waals surface area (Å²) in [6.45, 7) is 0.104. The van der Waals surface area contributed by atoms with Crippen molar-refractivity contribution in [3.05, 3.63) is 157 Å². The van der Waals surface area contributed by atoms with Gasteiger partial charge in [-0.3, -0.25) is 9.59 Å². The molecule has 0 aliphatic heterocycles. The molecule has 4 aromatic carbocycles. The van der Waals surface area contributed by atoms with Gasteiger partial charge >= 0.3 is 0 Å². The molecule has 0 fully saturated rings. The number of nitrogens with zero attached hydrogens (tertiary/aromatic N) is 8. The zero-order valence-corrected chi connectivity index (χ0v) is 33.4. The quantitative estimate of drug-likeness (QED) is 0.148. The Morgan fingerprint density at radius 2 is 1.36 bits per heavy atom. The van der Waals surface area contributed by atoms with Crippen LogP contribution in [0.25, 0.3) is 66.4 Å². The van der Waals surface area contributed by atoms with Crippen molar-refractivity contribution < 1.29 is 13.2 Å². The molecular weight excluding hydrogens is 887 g/mol. The fraction of sp³-hybridized carbons (Fsp3) is 0.0476. The van der Waals surface area contributed by atoms with Crippen LogP contribution in [0.1, 0.15) is 11.5 Å². The molecule has 14 nitrogen and oxygen atoms in total. The Kier molecular flexibility index (Phi) is 8.83. The minimum absolute atomic E-state index is 0.0292. The second-order valence-corrected chi connectivity index (χ2v) is 15.3. The standard InChI is InChI=1S/C42H25Br2FN10O4/c43-23-8-11-31-25(13-23)37(56)34(21-4-2-1-3-5-21)33(59-31)17-55-41-27(15-52-55)40(48-19-49-41)53-29-12-22(6-9-28(29)45)35-32(58-30-10-7-24(44)14-26(30)38(35)57)16-54-20-51-36-39(46)47-18-50-42(36)54/h1-15,18-20H,16-17H2,(H2,46,47,50)(H,48,49,53). The van der Waals surface area contributed by atoms with Crippen molar-refractivity contribution >= 4 is 93.3 Å². The number of hydrogen-bond donors (Lipinski definition) is 2. The van der Waals surface area contributed by atoms with Gasteiger partial charge in [-0.15, -0.1) is 0 Å². The van der Waals surface area contributed by atoms with Gasteiger partial charge in [0.15, 0.2) is 17.1 Å². The van der Waals surface area contributed by atoms with E-state index in [2.05, 4.69) is 67.2 Å². The van der Waals surface area contributed by atoms with E-state index in [1.807, 2.05) is 30.3 Å². The van der Waals surface area contributed by atoms with E-state index in [9.17, 15) is 9.59 Å². The number of nitrogens with two attached hydrogens (primary N) is 1. The number of imidazole rings is 1. The van der Waals surface area contributed by atoms with Crippen molar-refractivity contribution in [3.8, 4) is 22.3 Å². The van der Waals surface area contributed by atoms with Crippen molar-refractivity contribution in [3.63, 3.8) is 0 Å². The molecule has 0 aliphatic rings. The van der Waals surface area contributed by atoms with E-state index in [0.717, 1.165) is 4.47 Å². The average molecular weight is 913 g/mol. The predicted octanol–water partition coefficient (Wildman–Crippen LogP) is 8.60. The summed E-state index contributed by atoms with van der Waals surface area (Å²) in [6, 6.07) is 24.0. The van der Waals surface area contributed by atoms with E-state index in [0.29, 0.717) is 71.1 Å². The van der Waals surface area contributed by atoms with E-state index in [1.54, 1.807) is 58.2 Å². The highest BCUT2D eigenvalue weighted by Gasteiger charge is 2.22. The Morgan fingerprint density at radius 1 is 0.695 bits per heavy atom. The highest BCUT2D eigenvalue weighted by atomic mass is 79.9. The molecule has 17 heteroatoms. The van der Waals surface area contributed by atoms with Gasteiger partial charge in [0.25, 0.3) is 0 Å². The number of anilines is 3. The van der Waals surface area contributed by atoms with Gasteiger partial charge in [-0.2, -0.15) is 5.10 Å². The summed E-state index contributed by atoms with van der Waals surface area (Å²) in [5, 5.41) is 8.91. The van der Waals surface area contributed by atoms with E-state index < -0.39 is 5.82 Å². The van der Waals surface area contributed by atoms with Crippen LogP contribution in [0.3, 0.4) is 0 Å². The molecule has 0 spiro atoms. The lowest BCUT2D eigenvalue weighted by atomic mass is 10.0. The van der Waals surface area contributed by atoms with Crippen LogP contribution in [0.15, 0.2) is 137 Å². The number of halogens is 3. The topological polar surface area (TPSA) is 186 Å². The molecule has 6 heterocycles. The zero-order valence-electron chi connectivity index (χ0n) is 30.2.